The summed E-state index contributed by atoms with van der Waals surface area (Å²) in [7, 11) is 3.02. The Balaban J connectivity index is 1.61. The van der Waals surface area contributed by atoms with Crippen LogP contribution < -0.4 is 25.4 Å². The van der Waals surface area contributed by atoms with Crippen LogP contribution in [-0.2, 0) is 0 Å². The summed E-state index contributed by atoms with van der Waals surface area (Å²) in [6, 6.07) is 17.5. The van der Waals surface area contributed by atoms with Gasteiger partial charge in [0.15, 0.2) is 10.9 Å². The number of hydrogen-bond donors (Lipinski definition) is 3. The minimum absolute atomic E-state index is 0.261. The van der Waals surface area contributed by atoms with Crippen LogP contribution >= 0.6 is 35.4 Å². The molecule has 0 radical (unpaired) electrons. The molecule has 0 aliphatic carbocycles. The second-order valence-electron chi connectivity index (χ2n) is 6.28. The van der Waals surface area contributed by atoms with Gasteiger partial charge in [-0.1, -0.05) is 35.3 Å². The van der Waals surface area contributed by atoms with E-state index in [9.17, 15) is 4.79 Å². The van der Waals surface area contributed by atoms with Gasteiger partial charge < -0.3 is 25.4 Å². The Hall–Kier alpha value is -3.00. The molecule has 9 heteroatoms. The zero-order valence-electron chi connectivity index (χ0n) is 16.7. The van der Waals surface area contributed by atoms with E-state index in [-0.39, 0.29) is 5.91 Å². The second kappa shape index (κ2) is 10.3. The number of halogens is 2. The highest BCUT2D eigenvalue weighted by molar-refractivity contribution is 7.80. The number of ether oxygens (including phenoxy) is 2. The lowest BCUT2D eigenvalue weighted by Crippen LogP contribution is -2.19. The minimum atomic E-state index is -0.261. The molecule has 3 rings (SSSR count). The van der Waals surface area contributed by atoms with Crippen molar-refractivity contribution in [3.63, 3.8) is 0 Å². The third-order valence-corrected chi connectivity index (χ3v) is 4.98. The van der Waals surface area contributed by atoms with Gasteiger partial charge in [-0.2, -0.15) is 0 Å². The van der Waals surface area contributed by atoms with E-state index in [1.807, 2.05) is 0 Å². The van der Waals surface area contributed by atoms with Crippen molar-refractivity contribution in [2.24, 2.45) is 0 Å². The van der Waals surface area contributed by atoms with Crippen LogP contribution in [-0.4, -0.2) is 25.2 Å². The average molecular weight is 476 g/mol. The molecule has 0 aliphatic rings. The van der Waals surface area contributed by atoms with E-state index < -0.39 is 0 Å². The van der Waals surface area contributed by atoms with Gasteiger partial charge in [0.2, 0.25) is 0 Å². The van der Waals surface area contributed by atoms with E-state index in [2.05, 4.69) is 16.0 Å². The standard InChI is InChI=1S/C22H19Cl2N3O3S/c1-29-19-6-4-3-5-16(19)21(28)25-13-7-9-14(10-8-13)26-22(31)27-15-11-17(23)20(30-2)18(24)12-15/h3-12H,1-2H3,(H,25,28)(H2,26,27,31). The first-order chi connectivity index (χ1) is 14.9. The summed E-state index contributed by atoms with van der Waals surface area (Å²) in [5.41, 5.74) is 2.44. The lowest BCUT2D eigenvalue weighted by Gasteiger charge is -2.13. The Morgan fingerprint density at radius 1 is 0.806 bits per heavy atom. The van der Waals surface area contributed by atoms with Crippen LogP contribution in [0.3, 0.4) is 0 Å². The van der Waals surface area contributed by atoms with Crippen molar-refractivity contribution < 1.29 is 14.3 Å². The monoisotopic (exact) mass is 475 g/mol. The number of carbonyl (C=O) groups excluding carboxylic acids is 1. The molecule has 0 saturated carbocycles. The summed E-state index contributed by atoms with van der Waals surface area (Å²) < 4.78 is 10.4. The summed E-state index contributed by atoms with van der Waals surface area (Å²) in [5.74, 6) is 0.649. The van der Waals surface area contributed by atoms with Crippen LogP contribution in [0.5, 0.6) is 11.5 Å². The quantitative estimate of drug-likeness (QED) is 0.375. The van der Waals surface area contributed by atoms with Crippen molar-refractivity contribution in [3.8, 4) is 11.5 Å². The van der Waals surface area contributed by atoms with E-state index >= 15 is 0 Å². The Morgan fingerprint density at radius 2 is 1.35 bits per heavy atom. The van der Waals surface area contributed by atoms with Crippen LogP contribution in [0, 0.1) is 0 Å². The van der Waals surface area contributed by atoms with Gasteiger partial charge in [-0.25, -0.2) is 0 Å². The predicted molar refractivity (Wildman–Crippen MR) is 130 cm³/mol. The second-order valence-corrected chi connectivity index (χ2v) is 7.51. The molecule has 3 aromatic carbocycles. The molecule has 0 saturated heterocycles. The van der Waals surface area contributed by atoms with Crippen molar-refractivity contribution in [3.05, 3.63) is 76.3 Å². The molecule has 3 N–H and O–H groups in total. The van der Waals surface area contributed by atoms with Crippen LogP contribution in [0.4, 0.5) is 17.1 Å². The molecular weight excluding hydrogens is 457 g/mol. The predicted octanol–water partition coefficient (Wildman–Crippen LogP) is 6.07. The number of anilines is 3. The summed E-state index contributed by atoms with van der Waals surface area (Å²) >= 11 is 17.6. The van der Waals surface area contributed by atoms with E-state index in [4.69, 9.17) is 44.9 Å². The zero-order valence-corrected chi connectivity index (χ0v) is 19.0. The highest BCUT2D eigenvalue weighted by Crippen LogP contribution is 2.35. The molecule has 3 aromatic rings. The Kier molecular flexibility index (Phi) is 7.57. The maximum atomic E-state index is 12.5. The number of benzene rings is 3. The Bertz CT molecular complexity index is 1080. The summed E-state index contributed by atoms with van der Waals surface area (Å²) in [4.78, 5) is 12.5. The van der Waals surface area contributed by atoms with Crippen molar-refractivity contribution in [1.29, 1.82) is 0 Å². The van der Waals surface area contributed by atoms with Crippen LogP contribution in [0.15, 0.2) is 60.7 Å². The van der Waals surface area contributed by atoms with Crippen molar-refractivity contribution in [2.75, 3.05) is 30.2 Å². The van der Waals surface area contributed by atoms with Crippen molar-refractivity contribution in [2.45, 2.75) is 0 Å². The van der Waals surface area contributed by atoms with Gasteiger partial charge in [-0.15, -0.1) is 0 Å². The summed E-state index contributed by atoms with van der Waals surface area (Å²) in [6.45, 7) is 0. The normalized spacial score (nSPS) is 10.2. The molecule has 1 amide bonds. The van der Waals surface area contributed by atoms with E-state index in [0.717, 1.165) is 5.69 Å². The fourth-order valence-electron chi connectivity index (χ4n) is 2.79. The van der Waals surface area contributed by atoms with Gasteiger partial charge in [0.05, 0.1) is 29.8 Å². The highest BCUT2D eigenvalue weighted by atomic mass is 35.5. The molecule has 31 heavy (non-hydrogen) atoms. The SMILES string of the molecule is COc1ccccc1C(=O)Nc1ccc(NC(=S)Nc2cc(Cl)c(OC)c(Cl)c2)cc1. The first-order valence-corrected chi connectivity index (χ1v) is 10.2. The number of methoxy groups -OCH3 is 2. The van der Waals surface area contributed by atoms with Gasteiger partial charge in [-0.05, 0) is 60.7 Å². The molecular formula is C22H19Cl2N3O3S. The van der Waals surface area contributed by atoms with Gasteiger partial charge in [0.1, 0.15) is 5.75 Å². The third-order valence-electron chi connectivity index (χ3n) is 4.21. The number of carbonyl (C=O) groups is 1. The number of rotatable bonds is 6. The van der Waals surface area contributed by atoms with Crippen LogP contribution in [0.25, 0.3) is 0 Å². The molecule has 0 heterocycles. The fraction of sp³-hybridized carbons (Fsp3) is 0.0909. The van der Waals surface area contributed by atoms with Gasteiger partial charge in [0.25, 0.3) is 5.91 Å². The van der Waals surface area contributed by atoms with Crippen LogP contribution in [0.2, 0.25) is 10.0 Å². The average Bonchev–Trinajstić information content (AvgIpc) is 2.74. The maximum absolute atomic E-state index is 12.5. The van der Waals surface area contributed by atoms with E-state index in [1.165, 1.54) is 14.2 Å². The molecule has 160 valence electrons. The Labute approximate surface area is 195 Å². The molecule has 0 unspecified atom stereocenters. The maximum Gasteiger partial charge on any atom is 0.259 e. The molecule has 0 aromatic heterocycles. The number of amides is 1. The number of hydrogen-bond acceptors (Lipinski definition) is 4. The summed E-state index contributed by atoms with van der Waals surface area (Å²) in [5, 5.41) is 10.0. The molecule has 0 fully saturated rings. The minimum Gasteiger partial charge on any atom is -0.496 e. The van der Waals surface area contributed by atoms with Crippen molar-refractivity contribution >= 4 is 63.5 Å². The first kappa shape index (κ1) is 22.7. The first-order valence-electron chi connectivity index (χ1n) is 9.06. The molecule has 0 atom stereocenters. The topological polar surface area (TPSA) is 71.6 Å². The molecule has 6 nitrogen and oxygen atoms in total. The largest absolute Gasteiger partial charge is 0.496 e. The number of nitrogens with one attached hydrogen (secondary N) is 3. The molecule has 0 spiro atoms. The van der Waals surface area contributed by atoms with Gasteiger partial charge >= 0.3 is 0 Å². The van der Waals surface area contributed by atoms with Crippen LogP contribution in [0.1, 0.15) is 10.4 Å². The lowest BCUT2D eigenvalue weighted by molar-refractivity contribution is 0.102. The highest BCUT2D eigenvalue weighted by Gasteiger charge is 2.12. The lowest BCUT2D eigenvalue weighted by atomic mass is 10.2. The molecule has 0 aliphatic heterocycles. The van der Waals surface area contributed by atoms with Gasteiger partial charge in [0, 0.05) is 17.1 Å². The Morgan fingerprint density at radius 3 is 1.94 bits per heavy atom. The zero-order chi connectivity index (χ0) is 22.4. The third kappa shape index (κ3) is 5.79. The smallest absolute Gasteiger partial charge is 0.259 e. The number of thiocarbonyl (C=S) groups is 1. The van der Waals surface area contributed by atoms with Gasteiger partial charge in [-0.3, -0.25) is 4.79 Å². The van der Waals surface area contributed by atoms with E-state index in [1.54, 1.807) is 60.7 Å². The fourth-order valence-corrected chi connectivity index (χ4v) is 3.67. The van der Waals surface area contributed by atoms with E-state index in [0.29, 0.717) is 43.6 Å². The summed E-state index contributed by atoms with van der Waals surface area (Å²) in [6.07, 6.45) is 0. The van der Waals surface area contributed by atoms with Crippen molar-refractivity contribution in [1.82, 2.24) is 0 Å². The number of para-hydroxylation sites is 1. The molecule has 0 bridgehead atoms.